The molecule has 0 aliphatic heterocycles. The van der Waals surface area contributed by atoms with E-state index in [-0.39, 0.29) is 6.10 Å². The molecule has 1 unspecified atom stereocenters. The van der Waals surface area contributed by atoms with Crippen molar-refractivity contribution in [2.24, 2.45) is 16.1 Å². The number of nitroso groups, excluding NO2 is 1. The summed E-state index contributed by atoms with van der Waals surface area (Å²) in [4.78, 5) is 15.0. The van der Waals surface area contributed by atoms with Gasteiger partial charge in [0.05, 0.1) is 6.10 Å². The second-order valence-electron chi connectivity index (χ2n) is 3.56. The van der Waals surface area contributed by atoms with Gasteiger partial charge in [0.1, 0.15) is 7.11 Å². The molecule has 0 saturated heterocycles. The summed E-state index contributed by atoms with van der Waals surface area (Å²) >= 11 is 0. The quantitative estimate of drug-likeness (QED) is 0.376. The average Bonchev–Trinajstić information content (AvgIpc) is 2.18. The van der Waals surface area contributed by atoms with Crippen molar-refractivity contribution in [1.82, 2.24) is 0 Å². The number of rotatable bonds is 8. The Morgan fingerprint density at radius 3 is 2.67 bits per heavy atom. The number of hydrogen-bond acceptors (Lipinski definition) is 6. The van der Waals surface area contributed by atoms with Crippen LogP contribution in [0, 0.1) is 4.91 Å². The monoisotopic (exact) mass is 217 g/mol. The minimum absolute atomic E-state index is 0.165. The Morgan fingerprint density at radius 1 is 1.53 bits per heavy atom. The Morgan fingerprint density at radius 2 is 2.20 bits per heavy atom. The maximum absolute atomic E-state index is 10.4. The molecule has 0 aromatic rings. The lowest BCUT2D eigenvalue weighted by Gasteiger charge is -2.23. The van der Waals surface area contributed by atoms with Crippen LogP contribution in [-0.2, 0) is 9.57 Å². The van der Waals surface area contributed by atoms with E-state index in [1.54, 1.807) is 20.1 Å². The highest BCUT2D eigenvalue weighted by Crippen LogP contribution is 2.16. The molecular weight excluding hydrogens is 198 g/mol. The molecule has 0 fully saturated rings. The Labute approximate surface area is 89.8 Å². The fraction of sp³-hybridized carbons (Fsp3) is 0.889. The Bertz CT molecular complexity index is 207. The SMILES string of the molecule is CO/N=C\CC(CCN)OC(C)(C)N=O. The molecule has 0 aromatic carbocycles. The van der Waals surface area contributed by atoms with Gasteiger partial charge >= 0.3 is 0 Å². The standard InChI is InChI=1S/C9H19N3O3/c1-9(2,12-13)15-8(4-6-10)5-7-11-14-3/h7-8H,4-6,10H2,1-3H3/b11-7-. The van der Waals surface area contributed by atoms with Crippen molar-refractivity contribution in [2.45, 2.75) is 38.5 Å². The lowest BCUT2D eigenvalue weighted by Crippen LogP contribution is -2.30. The third kappa shape index (κ3) is 6.98. The van der Waals surface area contributed by atoms with Crippen LogP contribution < -0.4 is 5.73 Å². The molecule has 0 radical (unpaired) electrons. The third-order valence-corrected chi connectivity index (χ3v) is 1.71. The van der Waals surface area contributed by atoms with Crippen LogP contribution in [0.3, 0.4) is 0 Å². The Hall–Kier alpha value is -1.01. The predicted octanol–water partition coefficient (Wildman–Crippen LogP) is 1.25. The lowest BCUT2D eigenvalue weighted by molar-refractivity contribution is -0.0652. The maximum Gasteiger partial charge on any atom is 0.194 e. The molecule has 1 atom stereocenters. The first-order valence-corrected chi connectivity index (χ1v) is 4.83. The van der Waals surface area contributed by atoms with Crippen LogP contribution in [0.4, 0.5) is 0 Å². The van der Waals surface area contributed by atoms with Gasteiger partial charge in [-0.1, -0.05) is 5.16 Å². The van der Waals surface area contributed by atoms with Crippen LogP contribution in [-0.4, -0.2) is 31.7 Å². The number of nitrogens with zero attached hydrogens (tertiary/aromatic N) is 2. The molecule has 0 aromatic heterocycles. The van der Waals surface area contributed by atoms with Crippen molar-refractivity contribution in [3.63, 3.8) is 0 Å². The molecule has 6 heteroatoms. The first-order valence-electron chi connectivity index (χ1n) is 4.83. The first-order chi connectivity index (χ1) is 7.05. The smallest absolute Gasteiger partial charge is 0.194 e. The fourth-order valence-corrected chi connectivity index (χ4v) is 1.08. The van der Waals surface area contributed by atoms with E-state index in [4.69, 9.17) is 10.5 Å². The van der Waals surface area contributed by atoms with Gasteiger partial charge in [0.2, 0.25) is 0 Å². The van der Waals surface area contributed by atoms with E-state index in [0.29, 0.717) is 19.4 Å². The van der Waals surface area contributed by atoms with Crippen molar-refractivity contribution in [3.8, 4) is 0 Å². The van der Waals surface area contributed by atoms with Gasteiger partial charge in [0, 0.05) is 12.6 Å². The summed E-state index contributed by atoms with van der Waals surface area (Å²) in [6.07, 6.45) is 2.61. The maximum atomic E-state index is 10.4. The Kier molecular flexibility index (Phi) is 6.81. The largest absolute Gasteiger partial charge is 0.399 e. The van der Waals surface area contributed by atoms with Gasteiger partial charge in [-0.15, -0.1) is 4.91 Å². The molecule has 6 nitrogen and oxygen atoms in total. The minimum atomic E-state index is -1.03. The predicted molar refractivity (Wildman–Crippen MR) is 58.5 cm³/mol. The van der Waals surface area contributed by atoms with Crippen LogP contribution in [0.2, 0.25) is 0 Å². The van der Waals surface area contributed by atoms with Gasteiger partial charge in [-0.3, -0.25) is 0 Å². The van der Waals surface area contributed by atoms with Crippen LogP contribution >= 0.6 is 0 Å². The van der Waals surface area contributed by atoms with Gasteiger partial charge in [0.25, 0.3) is 0 Å². The summed E-state index contributed by atoms with van der Waals surface area (Å²) in [6, 6.07) is 0. The highest BCUT2D eigenvalue weighted by atomic mass is 16.6. The molecule has 15 heavy (non-hydrogen) atoms. The van der Waals surface area contributed by atoms with E-state index in [9.17, 15) is 4.91 Å². The van der Waals surface area contributed by atoms with E-state index in [2.05, 4.69) is 15.2 Å². The van der Waals surface area contributed by atoms with Gasteiger partial charge in [-0.05, 0) is 32.0 Å². The normalized spacial score (nSPS) is 14.1. The molecule has 0 rings (SSSR count). The van der Waals surface area contributed by atoms with Crippen LogP contribution in [0.1, 0.15) is 26.7 Å². The molecule has 2 N–H and O–H groups in total. The van der Waals surface area contributed by atoms with Crippen LogP contribution in [0.15, 0.2) is 10.3 Å². The molecule has 88 valence electrons. The number of ether oxygens (including phenoxy) is 1. The summed E-state index contributed by atoms with van der Waals surface area (Å²) in [7, 11) is 1.46. The van der Waals surface area contributed by atoms with Gasteiger partial charge in [0.15, 0.2) is 5.72 Å². The van der Waals surface area contributed by atoms with Crippen molar-refractivity contribution in [1.29, 1.82) is 0 Å². The van der Waals surface area contributed by atoms with Gasteiger partial charge in [-0.25, -0.2) is 0 Å². The van der Waals surface area contributed by atoms with E-state index in [1.165, 1.54) is 7.11 Å². The molecule has 0 aliphatic carbocycles. The average molecular weight is 217 g/mol. The van der Waals surface area contributed by atoms with E-state index in [1.807, 2.05) is 0 Å². The summed E-state index contributed by atoms with van der Waals surface area (Å²) < 4.78 is 5.47. The Balaban J connectivity index is 4.14. The first kappa shape index (κ1) is 14.0. The molecule has 0 heterocycles. The van der Waals surface area contributed by atoms with Crippen molar-refractivity contribution >= 4 is 6.21 Å². The zero-order valence-corrected chi connectivity index (χ0v) is 9.47. The molecule has 0 amide bonds. The van der Waals surface area contributed by atoms with Crippen LogP contribution in [0.5, 0.6) is 0 Å². The van der Waals surface area contributed by atoms with Crippen LogP contribution in [0.25, 0.3) is 0 Å². The summed E-state index contributed by atoms with van der Waals surface area (Å²) in [5.74, 6) is 0. The minimum Gasteiger partial charge on any atom is -0.399 e. The number of oxime groups is 1. The highest BCUT2D eigenvalue weighted by molar-refractivity contribution is 5.56. The second-order valence-corrected chi connectivity index (χ2v) is 3.56. The van der Waals surface area contributed by atoms with Crippen molar-refractivity contribution in [2.75, 3.05) is 13.7 Å². The van der Waals surface area contributed by atoms with Crippen molar-refractivity contribution < 1.29 is 9.57 Å². The summed E-state index contributed by atoms with van der Waals surface area (Å²) in [5, 5.41) is 6.48. The molecule has 0 bridgehead atoms. The lowest BCUT2D eigenvalue weighted by atomic mass is 10.2. The van der Waals surface area contributed by atoms with Gasteiger partial charge in [-0.2, -0.15) is 0 Å². The molecular formula is C9H19N3O3. The highest BCUT2D eigenvalue weighted by Gasteiger charge is 2.23. The third-order valence-electron chi connectivity index (χ3n) is 1.71. The van der Waals surface area contributed by atoms with Crippen molar-refractivity contribution in [3.05, 3.63) is 4.91 Å². The van der Waals surface area contributed by atoms with Gasteiger partial charge < -0.3 is 15.3 Å². The zero-order chi connectivity index (χ0) is 11.7. The van der Waals surface area contributed by atoms with E-state index >= 15 is 0 Å². The molecule has 0 saturated carbocycles. The summed E-state index contributed by atoms with van der Waals surface area (Å²) in [5.41, 5.74) is 4.40. The zero-order valence-electron chi connectivity index (χ0n) is 9.47. The number of nitrogens with two attached hydrogens (primary N) is 1. The van der Waals surface area contributed by atoms with E-state index in [0.717, 1.165) is 0 Å². The molecule has 0 spiro atoms. The fourth-order valence-electron chi connectivity index (χ4n) is 1.08. The topological polar surface area (TPSA) is 86.3 Å². The molecule has 0 aliphatic rings. The number of hydrogen-bond donors (Lipinski definition) is 1. The summed E-state index contributed by atoms with van der Waals surface area (Å²) in [6.45, 7) is 3.70. The van der Waals surface area contributed by atoms with E-state index < -0.39 is 5.72 Å². The second kappa shape index (κ2) is 7.30.